The Labute approximate surface area is 215 Å². The highest BCUT2D eigenvalue weighted by Gasteiger charge is 2.45. The molecule has 13 nitrogen and oxygen atoms in total. The summed E-state index contributed by atoms with van der Waals surface area (Å²) in [6, 6.07) is 6.30. The second-order valence-electron chi connectivity index (χ2n) is 8.58. The van der Waals surface area contributed by atoms with Crippen LogP contribution in [-0.4, -0.2) is 65.3 Å². The first-order chi connectivity index (χ1) is 17.3. The normalized spacial score (nSPS) is 24.8. The number of aliphatic hydroxyl groups excluding tert-OH is 1. The molecule has 1 unspecified atom stereocenters. The van der Waals surface area contributed by atoms with Crippen LogP contribution in [0.4, 0.5) is 10.1 Å². The molecular weight excluding hydrogens is 555 g/mol. The molecule has 1 aliphatic heterocycles. The molecule has 37 heavy (non-hydrogen) atoms. The quantitative estimate of drug-likeness (QED) is 0.160. The highest BCUT2D eigenvalue weighted by Crippen LogP contribution is 2.55. The summed E-state index contributed by atoms with van der Waals surface area (Å²) in [5.74, 6) is -1.76. The Hall–Kier alpha value is -1.96. The van der Waals surface area contributed by atoms with Crippen molar-refractivity contribution >= 4 is 43.5 Å². The van der Waals surface area contributed by atoms with Gasteiger partial charge in [0.05, 0.1) is 36.0 Å². The van der Waals surface area contributed by atoms with Gasteiger partial charge in [0.25, 0.3) is 0 Å². The van der Waals surface area contributed by atoms with Crippen molar-refractivity contribution in [3.05, 3.63) is 53.1 Å². The van der Waals surface area contributed by atoms with E-state index in [-0.39, 0.29) is 16.6 Å². The maximum atomic E-state index is 14.2. The largest absolute Gasteiger partial charge is 0.387 e. The summed E-state index contributed by atoms with van der Waals surface area (Å²) in [7, 11) is -9.47. The second-order valence-corrected chi connectivity index (χ2v) is 13.0. The lowest BCUT2D eigenvalue weighted by Crippen LogP contribution is -2.41. The van der Waals surface area contributed by atoms with Crippen molar-refractivity contribution in [2.24, 2.45) is 5.73 Å². The van der Waals surface area contributed by atoms with Crippen LogP contribution in [0, 0.1) is 5.82 Å². The topological polar surface area (TPSA) is 202 Å². The predicted molar refractivity (Wildman–Crippen MR) is 132 cm³/mol. The van der Waals surface area contributed by atoms with E-state index in [0.717, 1.165) is 0 Å². The zero-order valence-electron chi connectivity index (χ0n) is 19.3. The summed E-state index contributed by atoms with van der Waals surface area (Å²) >= 11 is 6.23. The van der Waals surface area contributed by atoms with Gasteiger partial charge in [-0.05, 0) is 19.1 Å². The lowest BCUT2D eigenvalue weighted by atomic mass is 10.1. The van der Waals surface area contributed by atoms with E-state index in [2.05, 4.69) is 15.4 Å². The minimum absolute atomic E-state index is 0.0767. The lowest BCUT2D eigenvalue weighted by Gasteiger charge is -2.19. The van der Waals surface area contributed by atoms with Crippen molar-refractivity contribution in [2.75, 3.05) is 17.8 Å². The smallest absolute Gasteiger partial charge is 0.340 e. The number of aromatic nitrogens is 3. The molecule has 1 aromatic carbocycles. The summed E-state index contributed by atoms with van der Waals surface area (Å²) in [5, 5.41) is 18.7. The molecule has 0 radical (unpaired) electrons. The van der Waals surface area contributed by atoms with Crippen LogP contribution in [0.25, 0.3) is 11.0 Å². The van der Waals surface area contributed by atoms with Gasteiger partial charge in [0, 0.05) is 5.56 Å². The fourth-order valence-electron chi connectivity index (χ4n) is 4.01. The van der Waals surface area contributed by atoms with Crippen LogP contribution >= 0.6 is 26.8 Å². The number of fused-ring (bicyclic) bond motifs is 1. The van der Waals surface area contributed by atoms with Crippen molar-refractivity contribution in [1.82, 2.24) is 14.8 Å². The molecule has 1 fully saturated rings. The molecular formula is C20H25ClFN5O8P2. The van der Waals surface area contributed by atoms with Gasteiger partial charge in [-0.25, -0.2) is 14.1 Å². The highest BCUT2D eigenvalue weighted by atomic mass is 35.5. The van der Waals surface area contributed by atoms with Gasteiger partial charge in [0.2, 0.25) is 0 Å². The van der Waals surface area contributed by atoms with Crippen molar-refractivity contribution < 1.29 is 42.6 Å². The van der Waals surface area contributed by atoms with Gasteiger partial charge < -0.3 is 40.1 Å². The molecule has 202 valence electrons. The van der Waals surface area contributed by atoms with Crippen molar-refractivity contribution in [3.8, 4) is 0 Å². The standard InChI is InChI=1S/C20H25ClFN5O8P2/c1-10(11-4-2-3-5-13(11)22)25-14-6-16(21)26-19-12(14)7-24-27(19)20-18(28)17(23)15(35-20)8-34-37(32,33)9-36(29,30)31/h2-7,10,15,17-18,20,28H,8-9,23H2,1H3,(H,25,26)(H,32,33)(H2,29,30,31)/t10-,15+,17+,18+,20+/m0/s1. The Morgan fingerprint density at radius 3 is 2.70 bits per heavy atom. The molecule has 0 saturated carbocycles. The monoisotopic (exact) mass is 579 g/mol. The van der Waals surface area contributed by atoms with Gasteiger partial charge in [-0.2, -0.15) is 5.10 Å². The number of ether oxygens (including phenoxy) is 1. The van der Waals surface area contributed by atoms with E-state index in [1.807, 2.05) is 0 Å². The maximum Gasteiger partial charge on any atom is 0.340 e. The first-order valence-corrected chi connectivity index (χ1v) is 14.8. The van der Waals surface area contributed by atoms with Crippen LogP contribution in [0.3, 0.4) is 0 Å². The summed E-state index contributed by atoms with van der Waals surface area (Å²) in [4.78, 5) is 31.8. The number of aliphatic hydroxyl groups is 1. The van der Waals surface area contributed by atoms with Gasteiger partial charge in [-0.15, -0.1) is 0 Å². The Bertz CT molecular complexity index is 1390. The number of halogens is 2. The first kappa shape index (κ1) is 28.1. The third kappa shape index (κ3) is 6.37. The Morgan fingerprint density at radius 2 is 2.03 bits per heavy atom. The Balaban J connectivity index is 1.56. The van der Waals surface area contributed by atoms with Gasteiger partial charge >= 0.3 is 15.2 Å². The molecule has 4 rings (SSSR count). The summed E-state index contributed by atoms with van der Waals surface area (Å²) in [6.07, 6.45) is -2.22. The third-order valence-corrected chi connectivity index (χ3v) is 9.40. The molecule has 17 heteroatoms. The van der Waals surface area contributed by atoms with Gasteiger partial charge in [-0.3, -0.25) is 9.13 Å². The second kappa shape index (κ2) is 10.7. The van der Waals surface area contributed by atoms with Crippen LogP contribution in [-0.2, 0) is 18.4 Å². The van der Waals surface area contributed by atoms with Crippen LogP contribution in [0.15, 0.2) is 36.5 Å². The van der Waals surface area contributed by atoms with Crippen molar-refractivity contribution in [2.45, 2.75) is 37.4 Å². The minimum atomic E-state index is -4.82. The minimum Gasteiger partial charge on any atom is -0.387 e. The van der Waals surface area contributed by atoms with Crippen LogP contribution in [0.2, 0.25) is 5.15 Å². The molecule has 0 aliphatic carbocycles. The number of rotatable bonds is 9. The number of hydrogen-bond acceptors (Lipinski definition) is 9. The summed E-state index contributed by atoms with van der Waals surface area (Å²) in [5.41, 5.74) is 7.14. The Kier molecular flexibility index (Phi) is 8.08. The molecule has 0 spiro atoms. The molecule has 0 bridgehead atoms. The van der Waals surface area contributed by atoms with E-state index in [1.165, 1.54) is 16.9 Å². The average Bonchev–Trinajstić information content (AvgIpc) is 3.32. The van der Waals surface area contributed by atoms with Gasteiger partial charge in [0.1, 0.15) is 23.2 Å². The van der Waals surface area contributed by atoms with Crippen LogP contribution in [0.1, 0.15) is 24.8 Å². The molecule has 3 aromatic rings. The van der Waals surface area contributed by atoms with E-state index in [0.29, 0.717) is 16.6 Å². The average molecular weight is 580 g/mol. The molecule has 2 aromatic heterocycles. The van der Waals surface area contributed by atoms with Crippen LogP contribution < -0.4 is 11.1 Å². The zero-order valence-corrected chi connectivity index (χ0v) is 21.8. The SMILES string of the molecule is C[C@H](Nc1cc(Cl)nc2c1cnn2[C@@H]1O[C@H](COP(=O)(O)CP(=O)(O)O)[C@@H](N)[C@H]1O)c1ccccc1F. The number of anilines is 1. The number of hydrogen-bond donors (Lipinski definition) is 6. The summed E-state index contributed by atoms with van der Waals surface area (Å²) in [6.45, 7) is 1.14. The predicted octanol–water partition coefficient (Wildman–Crippen LogP) is 2.32. The van der Waals surface area contributed by atoms with E-state index in [1.54, 1.807) is 31.2 Å². The molecule has 6 atom stereocenters. The summed E-state index contributed by atoms with van der Waals surface area (Å²) < 4.78 is 49.0. The van der Waals surface area contributed by atoms with E-state index >= 15 is 0 Å². The van der Waals surface area contributed by atoms with Crippen molar-refractivity contribution in [3.63, 3.8) is 0 Å². The zero-order chi connectivity index (χ0) is 27.1. The number of benzene rings is 1. The van der Waals surface area contributed by atoms with Crippen LogP contribution in [0.5, 0.6) is 0 Å². The molecule has 1 saturated heterocycles. The number of nitrogens with one attached hydrogen (secondary N) is 1. The van der Waals surface area contributed by atoms with Gasteiger partial charge in [0.15, 0.2) is 17.8 Å². The molecule has 7 N–H and O–H groups in total. The number of nitrogens with two attached hydrogens (primary N) is 1. The van der Waals surface area contributed by atoms with E-state index in [4.69, 9.17) is 36.4 Å². The fourth-order valence-corrected chi connectivity index (χ4v) is 6.77. The first-order valence-electron chi connectivity index (χ1n) is 10.9. The number of nitrogens with zero attached hydrogens (tertiary/aromatic N) is 3. The third-order valence-electron chi connectivity index (χ3n) is 5.75. The number of pyridine rings is 1. The molecule has 0 amide bonds. The lowest BCUT2D eigenvalue weighted by molar-refractivity contribution is -0.0528. The van der Waals surface area contributed by atoms with Gasteiger partial charge in [-0.1, -0.05) is 29.8 Å². The maximum absolute atomic E-state index is 14.2. The molecule has 3 heterocycles. The fraction of sp³-hybridized carbons (Fsp3) is 0.400. The Morgan fingerprint density at radius 1 is 1.32 bits per heavy atom. The van der Waals surface area contributed by atoms with E-state index in [9.17, 15) is 23.5 Å². The highest BCUT2D eigenvalue weighted by molar-refractivity contribution is 7.70. The van der Waals surface area contributed by atoms with Crippen molar-refractivity contribution in [1.29, 1.82) is 0 Å². The van der Waals surface area contributed by atoms with E-state index < -0.39 is 58.2 Å². The molecule has 1 aliphatic rings.